The Bertz CT molecular complexity index is 670. The molecule has 0 N–H and O–H groups in total. The van der Waals surface area contributed by atoms with Crippen molar-refractivity contribution in [1.82, 2.24) is 9.88 Å². The third-order valence-corrected chi connectivity index (χ3v) is 5.81. The van der Waals surface area contributed by atoms with Crippen molar-refractivity contribution in [3.8, 4) is 5.88 Å². The fraction of sp³-hybridized carbons (Fsp3) is 0.600. The Balaban J connectivity index is 1.88. The molecule has 2 fully saturated rings. The molecule has 0 bridgehead atoms. The molecule has 0 spiro atoms. The summed E-state index contributed by atoms with van der Waals surface area (Å²) >= 11 is 0. The van der Waals surface area contributed by atoms with Crippen LogP contribution in [0.5, 0.6) is 5.88 Å². The highest BCUT2D eigenvalue weighted by atomic mass is 32.2. The normalized spacial score (nSPS) is 23.2. The number of sulfone groups is 1. The summed E-state index contributed by atoms with van der Waals surface area (Å²) in [7, 11) is -3.02. The second kappa shape index (κ2) is 5.87. The predicted molar refractivity (Wildman–Crippen MR) is 81.7 cm³/mol. The monoisotopic (exact) mass is 324 g/mol. The molecule has 1 aromatic rings. The molecule has 1 aromatic heterocycles. The van der Waals surface area contributed by atoms with Gasteiger partial charge in [0.05, 0.1) is 18.1 Å². The van der Waals surface area contributed by atoms with Crippen molar-refractivity contribution in [1.29, 1.82) is 0 Å². The highest BCUT2D eigenvalue weighted by Gasteiger charge is 2.43. The molecule has 1 atom stereocenters. The molecular formula is C15H20N2O4S. The van der Waals surface area contributed by atoms with Gasteiger partial charge < -0.3 is 9.64 Å². The summed E-state index contributed by atoms with van der Waals surface area (Å²) in [5.74, 6) is 0.390. The summed E-state index contributed by atoms with van der Waals surface area (Å²) < 4.78 is 28.9. The zero-order chi connectivity index (χ0) is 15.7. The fourth-order valence-corrected chi connectivity index (χ4v) is 4.63. The van der Waals surface area contributed by atoms with Crippen molar-refractivity contribution in [2.24, 2.45) is 0 Å². The number of carbonyl (C=O) groups excluding carboxylic acids is 1. The zero-order valence-corrected chi connectivity index (χ0v) is 13.4. The maximum absolute atomic E-state index is 12.9. The van der Waals surface area contributed by atoms with Gasteiger partial charge in [0.25, 0.3) is 5.91 Å². The quantitative estimate of drug-likeness (QED) is 0.815. The van der Waals surface area contributed by atoms with Crippen LogP contribution in [-0.2, 0) is 9.84 Å². The molecule has 0 radical (unpaired) electrons. The van der Waals surface area contributed by atoms with E-state index in [4.69, 9.17) is 4.74 Å². The van der Waals surface area contributed by atoms with Gasteiger partial charge in [-0.05, 0) is 38.3 Å². The van der Waals surface area contributed by atoms with Gasteiger partial charge in [-0.25, -0.2) is 13.4 Å². The Labute approximate surface area is 130 Å². The molecule has 6 nitrogen and oxygen atoms in total. The van der Waals surface area contributed by atoms with Crippen LogP contribution in [-0.4, -0.2) is 54.4 Å². The molecule has 1 amide bonds. The Morgan fingerprint density at radius 3 is 2.73 bits per heavy atom. The van der Waals surface area contributed by atoms with E-state index in [1.807, 2.05) is 6.92 Å². The van der Waals surface area contributed by atoms with E-state index in [0.717, 1.165) is 12.8 Å². The molecule has 0 aromatic carbocycles. The smallest absolute Gasteiger partial charge is 0.259 e. The Kier molecular flexibility index (Phi) is 4.08. The fourth-order valence-electron chi connectivity index (χ4n) is 2.92. The second-order valence-corrected chi connectivity index (χ2v) is 8.02. The lowest BCUT2D eigenvalue weighted by Gasteiger charge is -2.28. The topological polar surface area (TPSA) is 76.6 Å². The van der Waals surface area contributed by atoms with Gasteiger partial charge in [0, 0.05) is 18.3 Å². The number of hydrogen-bond acceptors (Lipinski definition) is 5. The molecule has 1 saturated heterocycles. The number of amides is 1. The molecule has 3 rings (SSSR count). The third kappa shape index (κ3) is 3.09. The average Bonchev–Trinajstić information content (AvgIpc) is 3.24. The van der Waals surface area contributed by atoms with Gasteiger partial charge in [-0.15, -0.1) is 0 Å². The van der Waals surface area contributed by atoms with Crippen molar-refractivity contribution in [3.05, 3.63) is 23.9 Å². The van der Waals surface area contributed by atoms with E-state index < -0.39 is 9.84 Å². The first-order valence-corrected chi connectivity index (χ1v) is 9.45. The van der Waals surface area contributed by atoms with Crippen LogP contribution in [0, 0.1) is 0 Å². The summed E-state index contributed by atoms with van der Waals surface area (Å²) in [6, 6.07) is 3.32. The first kappa shape index (κ1) is 15.3. The Morgan fingerprint density at radius 1 is 1.36 bits per heavy atom. The van der Waals surface area contributed by atoms with Crippen LogP contribution >= 0.6 is 0 Å². The maximum atomic E-state index is 12.9. The molecule has 7 heteroatoms. The molecule has 0 unspecified atom stereocenters. The lowest BCUT2D eigenvalue weighted by molar-refractivity contribution is 0.0675. The van der Waals surface area contributed by atoms with Gasteiger partial charge in [-0.2, -0.15) is 0 Å². The number of pyridine rings is 1. The Morgan fingerprint density at radius 2 is 2.14 bits per heavy atom. The molecule has 22 heavy (non-hydrogen) atoms. The summed E-state index contributed by atoms with van der Waals surface area (Å²) in [6.45, 7) is 2.27. The first-order chi connectivity index (χ1) is 10.5. The van der Waals surface area contributed by atoms with Gasteiger partial charge >= 0.3 is 0 Å². The van der Waals surface area contributed by atoms with Crippen molar-refractivity contribution < 1.29 is 17.9 Å². The van der Waals surface area contributed by atoms with Crippen LogP contribution in [0.3, 0.4) is 0 Å². The van der Waals surface area contributed by atoms with E-state index in [1.54, 1.807) is 23.2 Å². The molecular weight excluding hydrogens is 304 g/mol. The van der Waals surface area contributed by atoms with E-state index in [1.165, 1.54) is 0 Å². The highest BCUT2D eigenvalue weighted by Crippen LogP contribution is 2.34. The van der Waals surface area contributed by atoms with E-state index in [0.29, 0.717) is 24.5 Å². The zero-order valence-electron chi connectivity index (χ0n) is 12.6. The number of carbonyl (C=O) groups is 1. The van der Waals surface area contributed by atoms with E-state index in [2.05, 4.69) is 4.98 Å². The predicted octanol–water partition coefficient (Wildman–Crippen LogP) is 1.27. The van der Waals surface area contributed by atoms with E-state index >= 15 is 0 Å². The van der Waals surface area contributed by atoms with Gasteiger partial charge in [-0.1, -0.05) is 0 Å². The number of nitrogens with zero attached hydrogens (tertiary/aromatic N) is 2. The van der Waals surface area contributed by atoms with E-state index in [-0.39, 0.29) is 29.5 Å². The van der Waals surface area contributed by atoms with Crippen molar-refractivity contribution >= 4 is 15.7 Å². The second-order valence-electron chi connectivity index (χ2n) is 5.79. The van der Waals surface area contributed by atoms with Crippen LogP contribution in [0.25, 0.3) is 0 Å². The van der Waals surface area contributed by atoms with Crippen LogP contribution in [0.1, 0.15) is 36.5 Å². The number of aromatic nitrogens is 1. The first-order valence-electron chi connectivity index (χ1n) is 7.62. The SMILES string of the molecule is CCOc1ncccc1C(=O)N(C1CC1)[C@H]1CCS(=O)(=O)C1. The molecule has 2 heterocycles. The molecule has 1 aliphatic carbocycles. The third-order valence-electron chi connectivity index (χ3n) is 4.06. The summed E-state index contributed by atoms with van der Waals surface area (Å²) in [5, 5.41) is 0. The number of rotatable bonds is 5. The maximum Gasteiger partial charge on any atom is 0.259 e. The minimum atomic E-state index is -3.02. The Hall–Kier alpha value is -1.63. The number of ether oxygens (including phenoxy) is 1. The van der Waals surface area contributed by atoms with Gasteiger partial charge in [0.1, 0.15) is 5.56 Å². The summed E-state index contributed by atoms with van der Waals surface area (Å²) in [5.41, 5.74) is 0.417. The van der Waals surface area contributed by atoms with Crippen LogP contribution in [0.15, 0.2) is 18.3 Å². The standard InChI is InChI=1S/C15H20N2O4S/c1-2-21-14-13(4-3-8-16-14)15(18)17(11-5-6-11)12-7-9-22(19,20)10-12/h3-4,8,11-12H,2,5-7,9-10H2,1H3/t12-/m0/s1. The average molecular weight is 324 g/mol. The molecule has 2 aliphatic rings. The minimum Gasteiger partial charge on any atom is -0.477 e. The van der Waals surface area contributed by atoms with E-state index in [9.17, 15) is 13.2 Å². The lowest BCUT2D eigenvalue weighted by Crippen LogP contribution is -2.43. The van der Waals surface area contributed by atoms with Gasteiger partial charge in [0.2, 0.25) is 5.88 Å². The molecule has 120 valence electrons. The summed E-state index contributed by atoms with van der Waals surface area (Å²) in [4.78, 5) is 18.8. The van der Waals surface area contributed by atoms with Gasteiger partial charge in [-0.3, -0.25) is 4.79 Å². The van der Waals surface area contributed by atoms with Gasteiger partial charge in [0.15, 0.2) is 9.84 Å². The number of hydrogen-bond donors (Lipinski definition) is 0. The van der Waals surface area contributed by atoms with Crippen LogP contribution < -0.4 is 4.74 Å². The van der Waals surface area contributed by atoms with Crippen molar-refractivity contribution in [2.45, 2.75) is 38.3 Å². The largest absolute Gasteiger partial charge is 0.477 e. The van der Waals surface area contributed by atoms with Crippen molar-refractivity contribution in [3.63, 3.8) is 0 Å². The van der Waals surface area contributed by atoms with Crippen molar-refractivity contribution in [2.75, 3.05) is 18.1 Å². The molecule has 1 aliphatic heterocycles. The van der Waals surface area contributed by atoms with Crippen LogP contribution in [0.4, 0.5) is 0 Å². The van der Waals surface area contributed by atoms with Crippen LogP contribution in [0.2, 0.25) is 0 Å². The highest BCUT2D eigenvalue weighted by molar-refractivity contribution is 7.91. The lowest BCUT2D eigenvalue weighted by atomic mass is 10.1. The molecule has 1 saturated carbocycles. The minimum absolute atomic E-state index is 0.0689. The summed E-state index contributed by atoms with van der Waals surface area (Å²) in [6.07, 6.45) is 3.98.